The highest BCUT2D eigenvalue weighted by Gasteiger charge is 2.09. The summed E-state index contributed by atoms with van der Waals surface area (Å²) in [6, 6.07) is 7.45. The Morgan fingerprint density at radius 3 is 2.71 bits per heavy atom. The van der Waals surface area contributed by atoms with Gasteiger partial charge in [0.1, 0.15) is 19.4 Å². The number of methoxy groups -OCH3 is 1. The summed E-state index contributed by atoms with van der Waals surface area (Å²) in [5.41, 5.74) is 1.89. The smallest absolute Gasteiger partial charge is 0.220 e. The molecule has 0 saturated heterocycles. The zero-order valence-electron chi connectivity index (χ0n) is 12.1. The molecule has 0 aliphatic rings. The summed E-state index contributed by atoms with van der Waals surface area (Å²) in [7, 11) is 3.55. The molecule has 3 aromatic rings. The lowest BCUT2D eigenvalue weighted by atomic mass is 9.92. The summed E-state index contributed by atoms with van der Waals surface area (Å²) < 4.78 is 5.31. The van der Waals surface area contributed by atoms with Gasteiger partial charge in [-0.1, -0.05) is 6.07 Å². The van der Waals surface area contributed by atoms with Crippen LogP contribution in [-0.4, -0.2) is 35.2 Å². The van der Waals surface area contributed by atoms with Gasteiger partial charge in [-0.05, 0) is 29.9 Å². The number of rotatable bonds is 3. The number of aromatic nitrogens is 3. The molecule has 0 atom stereocenters. The number of hydrogen-bond acceptors (Lipinski definition) is 5. The van der Waals surface area contributed by atoms with Crippen LogP contribution in [0.1, 0.15) is 5.69 Å². The average Bonchev–Trinajstić information content (AvgIpc) is 2.84. The molecule has 3 rings (SSSR count). The standard InChI is InChI=1S/C14H15BN4O2/c1-7-3-13(19-18-7)16-12-5-8-4-11(21-2)10(15)6-9(8)14(20)17-12/h3-6H,15H2,1-2H3,(H3,16,17,18,19,20). The summed E-state index contributed by atoms with van der Waals surface area (Å²) in [6.45, 7) is 1.91. The van der Waals surface area contributed by atoms with Gasteiger partial charge in [0, 0.05) is 17.1 Å². The first-order chi connectivity index (χ1) is 10.1. The maximum atomic E-state index is 10.1. The molecule has 0 radical (unpaired) electrons. The molecular formula is C14H15BN4O2. The Morgan fingerprint density at radius 1 is 1.24 bits per heavy atom. The number of hydrogen-bond donors (Lipinski definition) is 3. The number of fused-ring (bicyclic) bond motifs is 1. The molecule has 2 heterocycles. The number of aromatic amines is 1. The molecule has 1 aromatic carbocycles. The monoisotopic (exact) mass is 282 g/mol. The van der Waals surface area contributed by atoms with Crippen molar-refractivity contribution < 1.29 is 9.84 Å². The van der Waals surface area contributed by atoms with Crippen LogP contribution in [0.4, 0.5) is 11.6 Å². The Morgan fingerprint density at radius 2 is 2.05 bits per heavy atom. The number of ether oxygens (including phenoxy) is 1. The lowest BCUT2D eigenvalue weighted by Gasteiger charge is -2.10. The summed E-state index contributed by atoms with van der Waals surface area (Å²) in [5, 5.41) is 21.6. The van der Waals surface area contributed by atoms with Gasteiger partial charge in [-0.3, -0.25) is 5.10 Å². The highest BCUT2D eigenvalue weighted by molar-refractivity contribution is 6.35. The van der Waals surface area contributed by atoms with E-state index >= 15 is 0 Å². The van der Waals surface area contributed by atoms with Crippen LogP contribution in [0.2, 0.25) is 0 Å². The molecule has 0 spiro atoms. The van der Waals surface area contributed by atoms with Crippen molar-refractivity contribution in [2.24, 2.45) is 0 Å². The van der Waals surface area contributed by atoms with E-state index in [1.165, 1.54) is 0 Å². The van der Waals surface area contributed by atoms with Crippen molar-refractivity contribution in [3.8, 4) is 11.6 Å². The van der Waals surface area contributed by atoms with E-state index in [1.54, 1.807) is 7.11 Å². The van der Waals surface area contributed by atoms with E-state index in [0.29, 0.717) is 17.0 Å². The fourth-order valence-corrected chi connectivity index (χ4v) is 2.27. The van der Waals surface area contributed by atoms with Crippen LogP contribution in [-0.2, 0) is 0 Å². The number of anilines is 2. The summed E-state index contributed by atoms with van der Waals surface area (Å²) in [5.74, 6) is 1.93. The number of pyridine rings is 1. The molecule has 0 unspecified atom stereocenters. The summed E-state index contributed by atoms with van der Waals surface area (Å²) in [4.78, 5) is 4.15. The van der Waals surface area contributed by atoms with Crippen LogP contribution >= 0.6 is 0 Å². The molecule has 0 fully saturated rings. The van der Waals surface area contributed by atoms with Gasteiger partial charge in [-0.15, -0.1) is 0 Å². The third-order valence-electron chi connectivity index (χ3n) is 3.29. The average molecular weight is 282 g/mol. The van der Waals surface area contributed by atoms with Gasteiger partial charge in [0.2, 0.25) is 5.88 Å². The lowest BCUT2D eigenvalue weighted by Crippen LogP contribution is -2.07. The lowest BCUT2D eigenvalue weighted by molar-refractivity contribution is 0.418. The molecule has 2 aromatic heterocycles. The molecule has 0 saturated carbocycles. The van der Waals surface area contributed by atoms with Gasteiger partial charge >= 0.3 is 0 Å². The molecule has 3 N–H and O–H groups in total. The van der Waals surface area contributed by atoms with Crippen LogP contribution in [0, 0.1) is 6.92 Å². The number of nitrogens with zero attached hydrogens (tertiary/aromatic N) is 2. The summed E-state index contributed by atoms with van der Waals surface area (Å²) in [6.07, 6.45) is 0. The molecule has 0 aliphatic heterocycles. The SMILES string of the molecule is Bc1cc2c(O)nc(Nc3cc(C)[nH]n3)cc2cc1OC. The van der Waals surface area contributed by atoms with Gasteiger partial charge < -0.3 is 15.2 Å². The van der Waals surface area contributed by atoms with Crippen molar-refractivity contribution in [1.29, 1.82) is 0 Å². The van der Waals surface area contributed by atoms with Gasteiger partial charge in [-0.2, -0.15) is 10.1 Å². The Balaban J connectivity index is 2.06. The highest BCUT2D eigenvalue weighted by Crippen LogP contribution is 2.28. The molecule has 6 nitrogen and oxygen atoms in total. The molecule has 21 heavy (non-hydrogen) atoms. The number of aromatic hydroxyl groups is 1. The van der Waals surface area contributed by atoms with E-state index in [9.17, 15) is 5.11 Å². The van der Waals surface area contributed by atoms with Gasteiger partial charge in [-0.25, -0.2) is 0 Å². The van der Waals surface area contributed by atoms with Gasteiger partial charge in [0.05, 0.1) is 7.11 Å². The number of nitrogens with one attached hydrogen (secondary N) is 2. The second-order valence-electron chi connectivity index (χ2n) is 4.94. The normalized spacial score (nSPS) is 10.8. The predicted molar refractivity (Wildman–Crippen MR) is 84.7 cm³/mol. The number of H-pyrrole nitrogens is 1. The van der Waals surface area contributed by atoms with Crippen molar-refractivity contribution >= 4 is 35.7 Å². The summed E-state index contributed by atoms with van der Waals surface area (Å²) >= 11 is 0. The Hall–Kier alpha value is -2.70. The third-order valence-corrected chi connectivity index (χ3v) is 3.29. The molecule has 0 bridgehead atoms. The molecule has 0 amide bonds. The predicted octanol–water partition coefficient (Wildman–Crippen LogP) is 0.983. The van der Waals surface area contributed by atoms with Crippen LogP contribution in [0.25, 0.3) is 10.8 Å². The highest BCUT2D eigenvalue weighted by atomic mass is 16.5. The number of benzene rings is 1. The maximum absolute atomic E-state index is 10.1. The van der Waals surface area contributed by atoms with E-state index < -0.39 is 0 Å². The van der Waals surface area contributed by atoms with E-state index in [2.05, 4.69) is 20.5 Å². The van der Waals surface area contributed by atoms with E-state index in [0.717, 1.165) is 22.3 Å². The van der Waals surface area contributed by atoms with Crippen molar-refractivity contribution in [3.63, 3.8) is 0 Å². The minimum Gasteiger partial charge on any atom is -0.497 e. The Bertz CT molecular complexity index is 816. The first-order valence-electron chi connectivity index (χ1n) is 6.54. The van der Waals surface area contributed by atoms with E-state index in [-0.39, 0.29) is 5.88 Å². The van der Waals surface area contributed by atoms with Crippen LogP contribution in [0.15, 0.2) is 24.3 Å². The Labute approximate surface area is 122 Å². The Kier molecular flexibility index (Phi) is 3.17. The topological polar surface area (TPSA) is 83.1 Å². The molecule has 106 valence electrons. The van der Waals surface area contributed by atoms with Crippen molar-refractivity contribution in [1.82, 2.24) is 15.2 Å². The zero-order chi connectivity index (χ0) is 15.0. The third kappa shape index (κ3) is 2.50. The van der Waals surface area contributed by atoms with Crippen LogP contribution < -0.4 is 15.5 Å². The molecule has 0 aliphatic carbocycles. The van der Waals surface area contributed by atoms with Gasteiger partial charge in [0.25, 0.3) is 0 Å². The van der Waals surface area contributed by atoms with Crippen LogP contribution in [0.5, 0.6) is 11.6 Å². The fourth-order valence-electron chi connectivity index (χ4n) is 2.27. The number of aryl methyl sites for hydroxylation is 1. The minimum absolute atomic E-state index is 0.0204. The maximum Gasteiger partial charge on any atom is 0.220 e. The van der Waals surface area contributed by atoms with Crippen molar-refractivity contribution in [2.45, 2.75) is 6.92 Å². The molecule has 7 heteroatoms. The minimum atomic E-state index is -0.0204. The van der Waals surface area contributed by atoms with E-state index in [1.807, 2.05) is 39.0 Å². The fraction of sp³-hybridized carbons (Fsp3) is 0.143. The van der Waals surface area contributed by atoms with Crippen molar-refractivity contribution in [2.75, 3.05) is 12.4 Å². The van der Waals surface area contributed by atoms with Crippen molar-refractivity contribution in [3.05, 3.63) is 30.0 Å². The first-order valence-corrected chi connectivity index (χ1v) is 6.54. The zero-order valence-corrected chi connectivity index (χ0v) is 12.1. The second kappa shape index (κ2) is 5.01. The van der Waals surface area contributed by atoms with Crippen LogP contribution in [0.3, 0.4) is 0 Å². The first kappa shape index (κ1) is 13.3. The molecular weight excluding hydrogens is 267 g/mol. The quantitative estimate of drug-likeness (QED) is 0.624. The largest absolute Gasteiger partial charge is 0.497 e. The second-order valence-corrected chi connectivity index (χ2v) is 4.94. The van der Waals surface area contributed by atoms with E-state index in [4.69, 9.17) is 4.74 Å². The van der Waals surface area contributed by atoms with Gasteiger partial charge in [0.15, 0.2) is 5.82 Å².